The van der Waals surface area contributed by atoms with E-state index >= 15 is 0 Å². The topological polar surface area (TPSA) is 26.3 Å². The van der Waals surface area contributed by atoms with Gasteiger partial charge in [-0.05, 0) is 12.8 Å². The van der Waals surface area contributed by atoms with Crippen LogP contribution in [-0.2, 0) is 9.53 Å². The molecule has 1 fully saturated rings. The molecular weight excluding hydrogens is 208 g/mol. The smallest absolute Gasteiger partial charge is 0.175 e. The Bertz CT molecular complexity index is 212. The van der Waals surface area contributed by atoms with Gasteiger partial charge < -0.3 is 4.74 Å². The van der Waals surface area contributed by atoms with Crippen LogP contribution in [0, 0.1) is 0 Å². The second-order valence-corrected chi connectivity index (χ2v) is 4.04. The molecule has 2 rings (SSSR count). The molecule has 0 N–H and O–H groups in total. The Morgan fingerprint density at radius 1 is 1.64 bits per heavy atom. The molecule has 0 aromatic heterocycles. The normalized spacial score (nSPS) is 42.6. The van der Waals surface area contributed by atoms with Gasteiger partial charge in [0.25, 0.3) is 0 Å². The summed E-state index contributed by atoms with van der Waals surface area (Å²) in [6.45, 7) is 0. The van der Waals surface area contributed by atoms with Crippen LogP contribution in [0.15, 0.2) is 12.2 Å². The van der Waals surface area contributed by atoms with Crippen LogP contribution in [0.1, 0.15) is 12.8 Å². The zero-order chi connectivity index (χ0) is 7.84. The van der Waals surface area contributed by atoms with E-state index in [1.807, 2.05) is 12.2 Å². The number of ketones is 1. The lowest BCUT2D eigenvalue weighted by Gasteiger charge is -2.32. The van der Waals surface area contributed by atoms with Gasteiger partial charge in [-0.25, -0.2) is 0 Å². The van der Waals surface area contributed by atoms with Crippen LogP contribution >= 0.6 is 15.9 Å². The molecule has 0 radical (unpaired) electrons. The summed E-state index contributed by atoms with van der Waals surface area (Å²) in [5.74, 6) is 0.200. The number of hydrogen-bond donors (Lipinski definition) is 0. The third kappa shape index (κ3) is 1.27. The number of alkyl halides is 1. The molecular formula is C8H9BrO2. The highest BCUT2D eigenvalue weighted by molar-refractivity contribution is 9.10. The minimum Gasteiger partial charge on any atom is -0.363 e. The minimum atomic E-state index is -0.178. The van der Waals surface area contributed by atoms with Crippen LogP contribution in [0.2, 0.25) is 0 Å². The monoisotopic (exact) mass is 216 g/mol. The minimum absolute atomic E-state index is 0.0104. The molecule has 0 aromatic carbocycles. The molecule has 0 saturated carbocycles. The number of carbonyl (C=O) groups excluding carboxylic acids is 1. The Morgan fingerprint density at radius 3 is 3.27 bits per heavy atom. The van der Waals surface area contributed by atoms with Gasteiger partial charge in [-0.2, -0.15) is 0 Å². The zero-order valence-corrected chi connectivity index (χ0v) is 7.58. The first-order valence-electron chi connectivity index (χ1n) is 3.77. The van der Waals surface area contributed by atoms with Crippen LogP contribution in [0.3, 0.4) is 0 Å². The van der Waals surface area contributed by atoms with Gasteiger partial charge in [0.15, 0.2) is 5.78 Å². The first kappa shape index (κ1) is 7.50. The second kappa shape index (κ2) is 2.72. The van der Waals surface area contributed by atoms with Crippen molar-refractivity contribution in [3.63, 3.8) is 0 Å². The van der Waals surface area contributed by atoms with Gasteiger partial charge in [0.05, 0.1) is 10.9 Å². The molecule has 2 heterocycles. The maximum atomic E-state index is 11.3. The lowest BCUT2D eigenvalue weighted by atomic mass is 9.96. The molecule has 3 heteroatoms. The molecule has 0 unspecified atom stereocenters. The molecule has 0 spiro atoms. The molecule has 0 amide bonds. The summed E-state index contributed by atoms with van der Waals surface area (Å²) < 4.78 is 5.44. The fourth-order valence-corrected chi connectivity index (χ4v) is 2.17. The van der Waals surface area contributed by atoms with Crippen molar-refractivity contribution in [1.82, 2.24) is 0 Å². The van der Waals surface area contributed by atoms with E-state index in [2.05, 4.69) is 15.9 Å². The van der Waals surface area contributed by atoms with Crippen molar-refractivity contribution in [3.05, 3.63) is 12.2 Å². The van der Waals surface area contributed by atoms with E-state index in [-0.39, 0.29) is 22.8 Å². The summed E-state index contributed by atoms with van der Waals surface area (Å²) in [5, 5.41) is 0. The van der Waals surface area contributed by atoms with Crippen molar-refractivity contribution in [2.24, 2.45) is 0 Å². The van der Waals surface area contributed by atoms with Crippen molar-refractivity contribution in [1.29, 1.82) is 0 Å². The Balaban J connectivity index is 2.21. The summed E-state index contributed by atoms with van der Waals surface area (Å²) in [6, 6.07) is 0. The van der Waals surface area contributed by atoms with Gasteiger partial charge in [-0.15, -0.1) is 0 Å². The molecule has 0 aliphatic carbocycles. The highest BCUT2D eigenvalue weighted by Gasteiger charge is 2.35. The van der Waals surface area contributed by atoms with Crippen LogP contribution < -0.4 is 0 Å². The van der Waals surface area contributed by atoms with E-state index in [1.165, 1.54) is 0 Å². The Kier molecular flexibility index (Phi) is 1.85. The molecule has 60 valence electrons. The van der Waals surface area contributed by atoms with Crippen LogP contribution in [0.5, 0.6) is 0 Å². The third-order valence-corrected chi connectivity index (χ3v) is 2.93. The van der Waals surface area contributed by atoms with E-state index in [4.69, 9.17) is 4.74 Å². The molecule has 2 aliphatic rings. The fourth-order valence-electron chi connectivity index (χ4n) is 1.51. The lowest BCUT2D eigenvalue weighted by Crippen LogP contribution is -2.43. The van der Waals surface area contributed by atoms with Crippen molar-refractivity contribution in [2.45, 2.75) is 29.9 Å². The molecule has 2 bridgehead atoms. The molecule has 2 aliphatic heterocycles. The van der Waals surface area contributed by atoms with Crippen molar-refractivity contribution in [2.75, 3.05) is 0 Å². The van der Waals surface area contributed by atoms with Crippen molar-refractivity contribution >= 4 is 21.7 Å². The molecule has 1 saturated heterocycles. The SMILES string of the molecule is O=C1[C@H](Br)C[C@@H]2C=CC[C@H]1O2. The molecule has 3 atom stereocenters. The van der Waals surface area contributed by atoms with E-state index < -0.39 is 0 Å². The summed E-state index contributed by atoms with van der Waals surface area (Å²) >= 11 is 3.35. The Morgan fingerprint density at radius 2 is 2.45 bits per heavy atom. The van der Waals surface area contributed by atoms with Gasteiger partial charge >= 0.3 is 0 Å². The number of fused-ring (bicyclic) bond motifs is 2. The van der Waals surface area contributed by atoms with Crippen molar-refractivity contribution in [3.8, 4) is 0 Å². The first-order valence-corrected chi connectivity index (χ1v) is 4.69. The third-order valence-electron chi connectivity index (χ3n) is 2.11. The average Bonchev–Trinajstić information content (AvgIpc) is 2.01. The number of carbonyl (C=O) groups is 1. The summed E-state index contributed by atoms with van der Waals surface area (Å²) in [6.07, 6.45) is 5.59. The highest BCUT2D eigenvalue weighted by atomic mass is 79.9. The van der Waals surface area contributed by atoms with Crippen molar-refractivity contribution < 1.29 is 9.53 Å². The maximum absolute atomic E-state index is 11.3. The van der Waals surface area contributed by atoms with Crippen LogP contribution in [-0.4, -0.2) is 22.8 Å². The predicted octanol–water partition coefficient (Wildman–Crippen LogP) is 1.44. The highest BCUT2D eigenvalue weighted by Crippen LogP contribution is 2.27. The second-order valence-electron chi connectivity index (χ2n) is 2.93. The van der Waals surface area contributed by atoms with Gasteiger partial charge in [0.2, 0.25) is 0 Å². The molecule has 0 aromatic rings. The number of ether oxygens (including phenoxy) is 1. The largest absolute Gasteiger partial charge is 0.363 e. The number of Topliss-reactive ketones (excluding diaryl/α,β-unsaturated/α-hetero) is 1. The quantitative estimate of drug-likeness (QED) is 0.453. The molecule has 11 heavy (non-hydrogen) atoms. The van der Waals surface area contributed by atoms with E-state index in [0.717, 1.165) is 12.8 Å². The van der Waals surface area contributed by atoms with Gasteiger partial charge in [-0.1, -0.05) is 28.1 Å². The Hall–Kier alpha value is -0.150. The average molecular weight is 217 g/mol. The Labute approximate surface area is 73.7 Å². The number of rotatable bonds is 0. The van der Waals surface area contributed by atoms with Crippen LogP contribution in [0.4, 0.5) is 0 Å². The lowest BCUT2D eigenvalue weighted by molar-refractivity contribution is -0.139. The summed E-state index contributed by atoms with van der Waals surface area (Å²) in [7, 11) is 0. The summed E-state index contributed by atoms with van der Waals surface area (Å²) in [4.78, 5) is 11.3. The maximum Gasteiger partial charge on any atom is 0.175 e. The van der Waals surface area contributed by atoms with Gasteiger partial charge in [0, 0.05) is 0 Å². The van der Waals surface area contributed by atoms with E-state index in [1.54, 1.807) is 0 Å². The number of hydrogen-bond acceptors (Lipinski definition) is 2. The van der Waals surface area contributed by atoms with Crippen LogP contribution in [0.25, 0.3) is 0 Å². The number of halogens is 1. The first-order chi connectivity index (χ1) is 5.27. The summed E-state index contributed by atoms with van der Waals surface area (Å²) in [5.41, 5.74) is 0. The predicted molar refractivity (Wildman–Crippen MR) is 44.8 cm³/mol. The zero-order valence-electron chi connectivity index (χ0n) is 6.00. The van der Waals surface area contributed by atoms with E-state index in [9.17, 15) is 4.79 Å². The standard InChI is InChI=1S/C8H9BrO2/c9-6-4-5-2-1-3-7(11-5)8(6)10/h1-2,5-7H,3-4H2/t5-,6+,7+/m0/s1. The van der Waals surface area contributed by atoms with Gasteiger partial charge in [0.1, 0.15) is 6.10 Å². The fraction of sp³-hybridized carbons (Fsp3) is 0.625. The van der Waals surface area contributed by atoms with Gasteiger partial charge in [-0.3, -0.25) is 4.79 Å². The van der Waals surface area contributed by atoms with E-state index in [0.29, 0.717) is 0 Å². The molecule has 2 nitrogen and oxygen atoms in total.